The number of hydrogen-bond acceptors (Lipinski definition) is 8. The number of esters is 1. The van der Waals surface area contributed by atoms with E-state index in [1.807, 2.05) is 55.8 Å². The molecule has 3 aromatic carbocycles. The number of ether oxygens (including phenoxy) is 1. The van der Waals surface area contributed by atoms with Crippen molar-refractivity contribution < 1.29 is 13.9 Å². The van der Waals surface area contributed by atoms with E-state index < -0.39 is 11.4 Å². The minimum absolute atomic E-state index is 0.0710. The first-order valence-electron chi connectivity index (χ1n) is 19.0. The number of nitrogens with one attached hydrogen (secondary N) is 1. The first-order valence-corrected chi connectivity index (χ1v) is 19.9. The molecule has 4 heterocycles. The van der Waals surface area contributed by atoms with Crippen LogP contribution in [0.1, 0.15) is 55.0 Å². The SMILES string of the molecule is CCOC(=O)[C@@H]1C2CCC(CC2)[C@H]1Nc1nc(-c2cn(C(c3ccccc3)(c3ccccc3)c3ccccc3)c3nc(C)cnc23)nc(-c2cccs2)c1F. The third-order valence-electron chi connectivity index (χ3n) is 11.5. The van der Waals surface area contributed by atoms with E-state index in [9.17, 15) is 4.79 Å². The zero-order valence-corrected chi connectivity index (χ0v) is 31.5. The molecule has 276 valence electrons. The van der Waals surface area contributed by atoms with Crippen LogP contribution in [-0.2, 0) is 15.1 Å². The van der Waals surface area contributed by atoms with Gasteiger partial charge in [0.15, 0.2) is 23.1 Å². The van der Waals surface area contributed by atoms with E-state index in [2.05, 4.69) is 82.7 Å². The lowest BCUT2D eigenvalue weighted by Crippen LogP contribution is -2.52. The van der Waals surface area contributed by atoms with Crippen molar-refractivity contribution in [1.29, 1.82) is 0 Å². The maximum Gasteiger partial charge on any atom is 0.311 e. The van der Waals surface area contributed by atoms with Gasteiger partial charge in [-0.3, -0.25) is 9.78 Å². The first-order chi connectivity index (χ1) is 27.0. The molecular formula is C45H41FN6O2S. The monoisotopic (exact) mass is 748 g/mol. The molecule has 0 amide bonds. The van der Waals surface area contributed by atoms with E-state index in [-0.39, 0.29) is 41.3 Å². The summed E-state index contributed by atoms with van der Waals surface area (Å²) < 4.78 is 24.7. The largest absolute Gasteiger partial charge is 0.466 e. The molecule has 2 atom stereocenters. The predicted octanol–water partition coefficient (Wildman–Crippen LogP) is 9.68. The van der Waals surface area contributed by atoms with Crippen LogP contribution < -0.4 is 5.32 Å². The van der Waals surface area contributed by atoms with E-state index in [4.69, 9.17) is 24.7 Å². The van der Waals surface area contributed by atoms with Crippen LogP contribution in [0.4, 0.5) is 10.2 Å². The number of rotatable bonds is 10. The number of carbonyl (C=O) groups is 1. The molecule has 3 fully saturated rings. The summed E-state index contributed by atoms with van der Waals surface area (Å²) in [5, 5.41) is 5.40. The van der Waals surface area contributed by atoms with Gasteiger partial charge in [-0.25, -0.2) is 19.3 Å². The second kappa shape index (κ2) is 14.5. The second-order valence-corrected chi connectivity index (χ2v) is 15.5. The molecule has 3 aliphatic rings. The number of anilines is 1. The highest BCUT2D eigenvalue weighted by Gasteiger charge is 2.48. The molecule has 55 heavy (non-hydrogen) atoms. The van der Waals surface area contributed by atoms with Crippen LogP contribution in [-0.4, -0.2) is 43.1 Å². The molecule has 0 saturated heterocycles. The molecule has 2 bridgehead atoms. The van der Waals surface area contributed by atoms with Crippen molar-refractivity contribution >= 4 is 34.3 Å². The molecule has 10 heteroatoms. The average Bonchev–Trinajstić information content (AvgIpc) is 3.90. The van der Waals surface area contributed by atoms with Gasteiger partial charge in [-0.2, -0.15) is 0 Å². The number of carbonyl (C=O) groups excluding carboxylic acids is 1. The number of fused-ring (bicyclic) bond motifs is 4. The molecule has 3 saturated carbocycles. The smallest absolute Gasteiger partial charge is 0.311 e. The highest BCUT2D eigenvalue weighted by atomic mass is 32.1. The number of aryl methyl sites for hydroxylation is 1. The van der Waals surface area contributed by atoms with Gasteiger partial charge in [-0.1, -0.05) is 97.1 Å². The summed E-state index contributed by atoms with van der Waals surface area (Å²) in [6.45, 7) is 4.06. The molecule has 10 rings (SSSR count). The van der Waals surface area contributed by atoms with Crippen molar-refractivity contribution in [2.24, 2.45) is 17.8 Å². The van der Waals surface area contributed by atoms with Crippen molar-refractivity contribution in [3.63, 3.8) is 0 Å². The minimum atomic E-state index is -0.894. The Morgan fingerprint density at radius 3 is 2.05 bits per heavy atom. The predicted molar refractivity (Wildman–Crippen MR) is 214 cm³/mol. The maximum atomic E-state index is 16.9. The lowest BCUT2D eigenvalue weighted by Gasteiger charge is -2.47. The van der Waals surface area contributed by atoms with Crippen LogP contribution in [0.2, 0.25) is 0 Å². The van der Waals surface area contributed by atoms with Crippen LogP contribution in [0, 0.1) is 30.5 Å². The Morgan fingerprint density at radius 1 is 0.855 bits per heavy atom. The Balaban J connectivity index is 1.29. The Bertz CT molecular complexity index is 2350. The summed E-state index contributed by atoms with van der Waals surface area (Å²) in [5.74, 6) is -0.395. The van der Waals surface area contributed by atoms with Gasteiger partial charge in [0.1, 0.15) is 16.7 Å². The standard InChI is InChI=1S/C45H41FN6O2S/c1-3-54-44(53)36-29-21-23-30(24-22-29)38(36)49-42-37(46)40(35-20-13-25-55-35)50-41(51-42)34-27-52(43-39(34)47-26-28(2)48-43)45(31-14-7-4-8-15-31,32-16-9-5-10-17-32)33-18-11-6-12-19-33/h4-20,25-27,29-30,36,38H,3,21-24H2,1-2H3,(H,49,50,51)/t29?,30?,36-,38-/m1/s1. The summed E-state index contributed by atoms with van der Waals surface area (Å²) in [4.78, 5) is 34.2. The van der Waals surface area contributed by atoms with Gasteiger partial charge in [0.05, 0.1) is 28.7 Å². The molecule has 4 aromatic heterocycles. The quantitative estimate of drug-likeness (QED) is 0.110. The van der Waals surface area contributed by atoms with E-state index in [0.29, 0.717) is 34.0 Å². The minimum Gasteiger partial charge on any atom is -0.466 e. The second-order valence-electron chi connectivity index (χ2n) is 14.6. The lowest BCUT2D eigenvalue weighted by atomic mass is 9.61. The van der Waals surface area contributed by atoms with Crippen molar-refractivity contribution in [3.05, 3.63) is 149 Å². The van der Waals surface area contributed by atoms with Crippen LogP contribution in [0.25, 0.3) is 33.1 Å². The summed E-state index contributed by atoms with van der Waals surface area (Å²) in [7, 11) is 0. The average molecular weight is 749 g/mol. The van der Waals surface area contributed by atoms with Gasteiger partial charge >= 0.3 is 5.97 Å². The topological polar surface area (TPSA) is 94.8 Å². The van der Waals surface area contributed by atoms with Crippen LogP contribution in [0.3, 0.4) is 0 Å². The van der Waals surface area contributed by atoms with Gasteiger partial charge in [-0.15, -0.1) is 11.3 Å². The Labute approximate surface area is 323 Å². The number of benzene rings is 3. The van der Waals surface area contributed by atoms with Crippen LogP contribution in [0.5, 0.6) is 0 Å². The number of halogens is 1. The fourth-order valence-corrected chi connectivity index (χ4v) is 9.79. The van der Waals surface area contributed by atoms with Crippen molar-refractivity contribution in [1.82, 2.24) is 24.5 Å². The molecule has 0 radical (unpaired) electrons. The number of nitrogens with zero attached hydrogens (tertiary/aromatic N) is 5. The summed E-state index contributed by atoms with van der Waals surface area (Å²) in [6, 6.07) is 34.6. The zero-order chi connectivity index (χ0) is 37.5. The molecule has 3 aliphatic carbocycles. The van der Waals surface area contributed by atoms with Crippen LogP contribution >= 0.6 is 11.3 Å². The van der Waals surface area contributed by atoms with E-state index in [0.717, 1.165) is 48.1 Å². The first kappa shape index (κ1) is 35.0. The summed E-state index contributed by atoms with van der Waals surface area (Å²) in [5.41, 5.74) is 4.97. The molecule has 7 aromatic rings. The van der Waals surface area contributed by atoms with Crippen molar-refractivity contribution in [2.45, 2.75) is 51.1 Å². The Morgan fingerprint density at radius 2 is 1.47 bits per heavy atom. The maximum absolute atomic E-state index is 16.9. The van der Waals surface area contributed by atoms with E-state index in [1.54, 1.807) is 6.20 Å². The van der Waals surface area contributed by atoms with Gasteiger partial charge in [0.25, 0.3) is 0 Å². The molecule has 0 aliphatic heterocycles. The fraction of sp³-hybridized carbons (Fsp3) is 0.267. The summed E-state index contributed by atoms with van der Waals surface area (Å²) in [6.07, 6.45) is 7.64. The van der Waals surface area contributed by atoms with E-state index >= 15 is 4.39 Å². The molecule has 1 N–H and O–H groups in total. The molecule has 0 unspecified atom stereocenters. The zero-order valence-electron chi connectivity index (χ0n) is 30.7. The Kier molecular flexibility index (Phi) is 9.22. The number of aromatic nitrogens is 5. The van der Waals surface area contributed by atoms with E-state index in [1.165, 1.54) is 11.3 Å². The molecule has 0 spiro atoms. The molecular weight excluding hydrogens is 708 g/mol. The van der Waals surface area contributed by atoms with Gasteiger partial charge in [0.2, 0.25) is 0 Å². The van der Waals surface area contributed by atoms with Gasteiger partial charge in [-0.05, 0) is 79.5 Å². The number of hydrogen-bond donors (Lipinski definition) is 1. The highest BCUT2D eigenvalue weighted by molar-refractivity contribution is 7.13. The van der Waals surface area contributed by atoms with Gasteiger partial charge < -0.3 is 14.6 Å². The highest BCUT2D eigenvalue weighted by Crippen LogP contribution is 2.48. The van der Waals surface area contributed by atoms with Crippen molar-refractivity contribution in [2.75, 3.05) is 11.9 Å². The molecule has 8 nitrogen and oxygen atoms in total. The number of thiophene rings is 1. The van der Waals surface area contributed by atoms with Gasteiger partial charge in [0, 0.05) is 18.4 Å². The third-order valence-corrected chi connectivity index (χ3v) is 12.4. The lowest BCUT2D eigenvalue weighted by molar-refractivity contribution is -0.154. The fourth-order valence-electron chi connectivity index (χ4n) is 9.08. The normalized spacial score (nSPS) is 19.4. The van der Waals surface area contributed by atoms with Crippen molar-refractivity contribution in [3.8, 4) is 22.0 Å². The summed E-state index contributed by atoms with van der Waals surface area (Å²) >= 11 is 1.41. The third kappa shape index (κ3) is 5.99. The Hall–Kier alpha value is -5.74. The van der Waals surface area contributed by atoms with Crippen LogP contribution in [0.15, 0.2) is 121 Å².